The van der Waals surface area contributed by atoms with Crippen LogP contribution in [0.3, 0.4) is 0 Å². The highest BCUT2D eigenvalue weighted by Gasteiger charge is 2.47. The number of carbonyl (C=O) groups is 1. The number of hydrogen-bond donors (Lipinski definition) is 5. The van der Waals surface area contributed by atoms with Crippen LogP contribution >= 0.6 is 0 Å². The summed E-state index contributed by atoms with van der Waals surface area (Å²) < 4.78 is 19.8. The Bertz CT molecular complexity index is 2320. The molecule has 7 N–H and O–H groups in total. The number of nitrogens with two attached hydrogens (primary N) is 2. The molecule has 286 valence electrons. The van der Waals surface area contributed by atoms with E-state index in [1.807, 2.05) is 32.1 Å². The van der Waals surface area contributed by atoms with Gasteiger partial charge in [0.25, 0.3) is 0 Å². The van der Waals surface area contributed by atoms with E-state index in [9.17, 15) is 24.9 Å². The summed E-state index contributed by atoms with van der Waals surface area (Å²) in [5, 5.41) is 32.6. The lowest BCUT2D eigenvalue weighted by atomic mass is 9.79. The van der Waals surface area contributed by atoms with E-state index in [1.165, 1.54) is 0 Å². The second-order valence-corrected chi connectivity index (χ2v) is 14.8. The largest absolute Gasteiger partial charge is 0.508 e. The Kier molecular flexibility index (Phi) is 10.5. The highest BCUT2D eigenvalue weighted by molar-refractivity contribution is 5.92. The number of aromatic nitrogens is 2. The Morgan fingerprint density at radius 1 is 1.05 bits per heavy atom. The van der Waals surface area contributed by atoms with E-state index >= 15 is 0 Å². The molecular weight excluding hydrogens is 700 g/mol. The molecule has 0 unspecified atom stereocenters. The van der Waals surface area contributed by atoms with Crippen molar-refractivity contribution in [3.8, 4) is 17.2 Å². The van der Waals surface area contributed by atoms with Gasteiger partial charge in [-0.2, -0.15) is 0 Å². The van der Waals surface area contributed by atoms with Gasteiger partial charge in [0.15, 0.2) is 5.43 Å². The van der Waals surface area contributed by atoms with Gasteiger partial charge in [0.2, 0.25) is 0 Å². The number of aryl methyl sites for hydroxylation is 1. The van der Waals surface area contributed by atoms with E-state index in [0.717, 1.165) is 42.9 Å². The van der Waals surface area contributed by atoms with Crippen molar-refractivity contribution in [3.05, 3.63) is 122 Å². The standard InChI is InChI=1S/C43H46N4O8/c1-3-30(26-8-4-5-9-26)42(52)54-34-21-32-39(51)38-33(50)20-29(23-48)53-41(38)37(40(32)55-43(34,2)15-13-24-11-12-35(44)47-22-24)31(27-14-16-46-36(45)19-27)18-25-7-6-10-28(49)17-25/h3,6-7,10-12,14,16-17,19-20,22,26,31,34,48-49,51H,4-5,8-9,13,15,18,21,23H2,1-2H3,(H2,44,47)(H2,45,46)/b30-3-/t31-,34-,43+/m1/s1. The van der Waals surface area contributed by atoms with Crippen LogP contribution in [0.25, 0.3) is 11.0 Å². The average molecular weight is 747 g/mol. The molecular formula is C43H46N4O8. The molecule has 5 aromatic rings. The number of aromatic hydroxyl groups is 2. The lowest BCUT2D eigenvalue weighted by Gasteiger charge is -2.43. The van der Waals surface area contributed by atoms with Crippen LogP contribution in [0.1, 0.15) is 85.4 Å². The molecule has 2 aliphatic rings. The molecule has 7 rings (SSSR count). The molecule has 4 heterocycles. The van der Waals surface area contributed by atoms with Gasteiger partial charge in [-0.1, -0.05) is 37.1 Å². The molecule has 1 aliphatic heterocycles. The van der Waals surface area contributed by atoms with Crippen LogP contribution in [0.4, 0.5) is 11.6 Å². The molecule has 0 amide bonds. The van der Waals surface area contributed by atoms with Crippen LogP contribution in [0.15, 0.2) is 87.9 Å². The van der Waals surface area contributed by atoms with Gasteiger partial charge < -0.3 is 40.7 Å². The van der Waals surface area contributed by atoms with Crippen molar-refractivity contribution in [2.24, 2.45) is 5.92 Å². The number of hydrogen-bond acceptors (Lipinski definition) is 12. The number of anilines is 2. The number of rotatable bonds is 11. The zero-order valence-electron chi connectivity index (χ0n) is 31.0. The van der Waals surface area contributed by atoms with E-state index in [-0.39, 0.29) is 64.1 Å². The summed E-state index contributed by atoms with van der Waals surface area (Å²) in [5.41, 5.74) is 14.1. The third-order valence-corrected chi connectivity index (χ3v) is 11.1. The molecule has 3 aromatic heterocycles. The summed E-state index contributed by atoms with van der Waals surface area (Å²) >= 11 is 0. The topological polar surface area (TPSA) is 204 Å². The summed E-state index contributed by atoms with van der Waals surface area (Å²) in [6.45, 7) is 3.16. The van der Waals surface area contributed by atoms with Crippen molar-refractivity contribution in [1.29, 1.82) is 0 Å². The summed E-state index contributed by atoms with van der Waals surface area (Å²) in [6, 6.07) is 15.1. The second-order valence-electron chi connectivity index (χ2n) is 14.8. The van der Waals surface area contributed by atoms with Crippen molar-refractivity contribution < 1.29 is 34.0 Å². The fourth-order valence-electron chi connectivity index (χ4n) is 8.18. The molecule has 0 spiro atoms. The number of nitrogen functional groups attached to an aromatic ring is 2. The number of esters is 1. The molecule has 3 atom stereocenters. The monoisotopic (exact) mass is 746 g/mol. The van der Waals surface area contributed by atoms with Crippen LogP contribution in [0.2, 0.25) is 0 Å². The summed E-state index contributed by atoms with van der Waals surface area (Å²) in [6.07, 6.45) is 9.26. The lowest BCUT2D eigenvalue weighted by molar-refractivity contribution is -0.159. The van der Waals surface area contributed by atoms with E-state index in [1.54, 1.807) is 48.8 Å². The van der Waals surface area contributed by atoms with E-state index in [2.05, 4.69) is 9.97 Å². The Morgan fingerprint density at radius 2 is 1.85 bits per heavy atom. The predicted octanol–water partition coefficient (Wildman–Crippen LogP) is 6.40. The quantitative estimate of drug-likeness (QED) is 0.0736. The Balaban J connectivity index is 1.44. The smallest absolute Gasteiger partial charge is 0.334 e. The normalized spacial score (nSPS) is 19.2. The molecule has 0 radical (unpaired) electrons. The minimum atomic E-state index is -1.17. The van der Waals surface area contributed by atoms with E-state index < -0.39 is 35.6 Å². The van der Waals surface area contributed by atoms with Gasteiger partial charge in [0.1, 0.15) is 63.9 Å². The Labute approximate surface area is 318 Å². The number of benzene rings is 2. The molecule has 1 fully saturated rings. The SMILES string of the molecule is C/C=C(\C(=O)O[C@@H]1Cc2c(c([C@H](Cc3cccc(O)c3)c3ccnc(N)c3)c3oc(CO)cc(=O)c3c2O)O[C@@]1(C)CCc1ccc(N)nc1)C1CCCC1. The number of aliphatic hydroxyl groups is 1. The second kappa shape index (κ2) is 15.5. The third kappa shape index (κ3) is 7.59. The van der Waals surface area contributed by atoms with Gasteiger partial charge in [-0.25, -0.2) is 14.8 Å². The molecule has 12 nitrogen and oxygen atoms in total. The van der Waals surface area contributed by atoms with Crippen molar-refractivity contribution >= 4 is 28.6 Å². The molecule has 0 saturated heterocycles. The molecule has 55 heavy (non-hydrogen) atoms. The first-order valence-corrected chi connectivity index (χ1v) is 18.7. The zero-order valence-corrected chi connectivity index (χ0v) is 31.0. The highest BCUT2D eigenvalue weighted by Crippen LogP contribution is 2.51. The average Bonchev–Trinajstić information content (AvgIpc) is 3.69. The fraction of sp³-hybridized carbons (Fsp3) is 0.349. The van der Waals surface area contributed by atoms with Gasteiger partial charge in [0, 0.05) is 47.5 Å². The van der Waals surface area contributed by atoms with Crippen LogP contribution in [-0.4, -0.2) is 43.0 Å². The lowest BCUT2D eigenvalue weighted by Crippen LogP contribution is -2.52. The Morgan fingerprint density at radius 3 is 2.55 bits per heavy atom. The maximum Gasteiger partial charge on any atom is 0.334 e. The molecule has 0 bridgehead atoms. The van der Waals surface area contributed by atoms with Gasteiger partial charge in [0.05, 0.1) is 0 Å². The van der Waals surface area contributed by atoms with E-state index in [4.69, 9.17) is 25.4 Å². The Hall–Kier alpha value is -5.88. The van der Waals surface area contributed by atoms with Crippen LogP contribution < -0.4 is 21.6 Å². The first kappa shape index (κ1) is 37.4. The van der Waals surface area contributed by atoms with Gasteiger partial charge in [-0.05, 0) is 98.9 Å². The van der Waals surface area contributed by atoms with Gasteiger partial charge >= 0.3 is 5.97 Å². The number of nitrogens with zero attached hydrogens (tertiary/aromatic N) is 2. The number of carbonyl (C=O) groups excluding carboxylic acids is 1. The number of fused-ring (bicyclic) bond motifs is 2. The maximum atomic E-state index is 14.0. The van der Waals surface area contributed by atoms with Crippen LogP contribution in [-0.2, 0) is 35.4 Å². The number of allylic oxidation sites excluding steroid dienone is 1. The number of phenols is 2. The third-order valence-electron chi connectivity index (χ3n) is 11.1. The zero-order chi connectivity index (χ0) is 38.9. The van der Waals surface area contributed by atoms with E-state index in [0.29, 0.717) is 35.4 Å². The number of pyridine rings is 2. The number of aliphatic hydroxyl groups excluding tert-OH is 1. The van der Waals surface area contributed by atoms with Crippen molar-refractivity contribution in [2.75, 3.05) is 11.5 Å². The van der Waals surface area contributed by atoms with Gasteiger partial charge in [-0.15, -0.1) is 0 Å². The predicted molar refractivity (Wildman–Crippen MR) is 208 cm³/mol. The molecule has 2 aromatic carbocycles. The summed E-state index contributed by atoms with van der Waals surface area (Å²) in [5.74, 6) is -0.360. The highest BCUT2D eigenvalue weighted by atomic mass is 16.6. The minimum Gasteiger partial charge on any atom is -0.508 e. The molecule has 12 heteroatoms. The van der Waals surface area contributed by atoms with Crippen molar-refractivity contribution in [3.63, 3.8) is 0 Å². The van der Waals surface area contributed by atoms with Crippen molar-refractivity contribution in [2.45, 2.75) is 89.4 Å². The fourth-order valence-corrected chi connectivity index (χ4v) is 8.18. The minimum absolute atomic E-state index is 0.00419. The van der Waals surface area contributed by atoms with Crippen molar-refractivity contribution in [1.82, 2.24) is 9.97 Å². The maximum absolute atomic E-state index is 14.0. The summed E-state index contributed by atoms with van der Waals surface area (Å²) in [7, 11) is 0. The van der Waals surface area contributed by atoms with Crippen LogP contribution in [0, 0.1) is 5.92 Å². The van der Waals surface area contributed by atoms with Crippen LogP contribution in [0.5, 0.6) is 17.2 Å². The molecule has 1 saturated carbocycles. The first-order chi connectivity index (χ1) is 26.5. The molecule has 1 aliphatic carbocycles. The number of ether oxygens (including phenoxy) is 2. The number of phenolic OH excluding ortho intramolecular Hbond substituents is 2. The summed E-state index contributed by atoms with van der Waals surface area (Å²) in [4.78, 5) is 36.3. The van der Waals surface area contributed by atoms with Gasteiger partial charge in [-0.3, -0.25) is 4.79 Å². The first-order valence-electron chi connectivity index (χ1n) is 18.7.